The Bertz CT molecular complexity index is 2800. The molecule has 0 N–H and O–H groups in total. The van der Waals surface area contributed by atoms with Gasteiger partial charge < -0.3 is 14.5 Å². The third-order valence-corrected chi connectivity index (χ3v) is 19.5. The van der Waals surface area contributed by atoms with Crippen molar-refractivity contribution in [3.05, 3.63) is 131 Å². The summed E-state index contributed by atoms with van der Waals surface area (Å²) in [6.07, 6.45) is 22.9. The summed E-state index contributed by atoms with van der Waals surface area (Å²) in [5, 5.41) is 0. The number of ketones is 6. The first-order valence-corrected chi connectivity index (χ1v) is 32.7. The van der Waals surface area contributed by atoms with Crippen LogP contribution in [0.15, 0.2) is 103 Å². The number of hydrogen-bond donors (Lipinski definition) is 0. The number of carbonyl (C=O) groups excluding carboxylic acids is 8. The molecule has 2 amide bonds. The smallest absolute Gasteiger partial charge is 0.228 e. The molecule has 12 heteroatoms. The molecule has 3 aromatic carbocycles. The average molecular weight is 1190 g/mol. The van der Waals surface area contributed by atoms with Crippen molar-refractivity contribution < 1.29 is 43.1 Å². The van der Waals surface area contributed by atoms with E-state index >= 15 is 0 Å². The molecule has 0 spiro atoms. The fourth-order valence-corrected chi connectivity index (χ4v) is 13.0. The third kappa shape index (κ3) is 22.6. The van der Waals surface area contributed by atoms with Gasteiger partial charge in [0.15, 0.2) is 23.1 Å². The number of aromatic nitrogens is 1. The van der Waals surface area contributed by atoms with Gasteiger partial charge >= 0.3 is 0 Å². The summed E-state index contributed by atoms with van der Waals surface area (Å²) in [6.45, 7) is 20.7. The van der Waals surface area contributed by atoms with Crippen LogP contribution in [0.4, 0.5) is 0 Å². The van der Waals surface area contributed by atoms with Crippen LogP contribution in [-0.4, -0.2) is 95.6 Å². The number of nitrogens with zero attached hydrogens (tertiary/aromatic N) is 3. The van der Waals surface area contributed by atoms with E-state index in [1.807, 2.05) is 70.2 Å². The maximum atomic E-state index is 12.9. The number of amides is 2. The van der Waals surface area contributed by atoms with Gasteiger partial charge in [-0.1, -0.05) is 193 Å². The Hall–Kier alpha value is -6.43. The van der Waals surface area contributed by atoms with Crippen LogP contribution in [0.1, 0.15) is 244 Å². The minimum atomic E-state index is -0.387. The van der Waals surface area contributed by atoms with Crippen LogP contribution in [0.3, 0.4) is 0 Å². The Morgan fingerprint density at radius 2 is 0.943 bits per heavy atom. The Balaban J connectivity index is 0.000000249. The van der Waals surface area contributed by atoms with Crippen LogP contribution >= 0.6 is 0 Å². The number of ether oxygens (including phenoxy) is 1. The molecule has 4 aromatic rings. The second-order valence-corrected chi connectivity index (χ2v) is 26.6. The fraction of sp³-hybridized carbons (Fsp3) is 0.587. The Morgan fingerprint density at radius 3 is 1.40 bits per heavy atom. The van der Waals surface area contributed by atoms with E-state index in [9.17, 15) is 38.4 Å². The molecule has 12 nitrogen and oxygen atoms in total. The molecule has 87 heavy (non-hydrogen) atoms. The standard InChI is InChI=1S/C20H29NO2.C20H28O3.C18H25NO2.C17H25NO2/c1-15-9-8-10-16(13-15)18(22)14-21(4)19(23)20(2,3)17-11-6-5-7-12-17;1-20(2,16-7-5-4-6-8-16)19(22)14-13-18(21)15-9-11-17(23-3)12-10-15;1-18(2,14-8-4-3-5-9-14)17(21)12-11-16(20)15-10-6-7-13-19-15;1-5-14(6-2)13(3)17(20)18(4)12-16(19)15-10-8-7-9-11-15/h8-10,13,17H,5-7,11-12,14H2,1-4H3;9-12,16H,4-8,13-14H2,1-3H3;6-7,10,13-14H,3-5,8-9,11-12H2,1-2H3;7-11,13-14H,5-6,12H2,1-4H3/t;;;13-/m...1/s1. The number of hydrogen-bond acceptors (Lipinski definition) is 10. The highest BCUT2D eigenvalue weighted by molar-refractivity contribution is 6.01. The second kappa shape index (κ2) is 36.1. The van der Waals surface area contributed by atoms with Crippen molar-refractivity contribution in [2.45, 2.75) is 204 Å². The summed E-state index contributed by atoms with van der Waals surface area (Å²) >= 11 is 0. The van der Waals surface area contributed by atoms with Crippen molar-refractivity contribution in [3.63, 3.8) is 0 Å². The van der Waals surface area contributed by atoms with E-state index < -0.39 is 0 Å². The van der Waals surface area contributed by atoms with Crippen LogP contribution in [0.5, 0.6) is 5.75 Å². The molecule has 7 rings (SSSR count). The molecule has 0 radical (unpaired) electrons. The first kappa shape index (κ1) is 73.0. The highest BCUT2D eigenvalue weighted by Gasteiger charge is 2.40. The molecule has 1 aromatic heterocycles. The van der Waals surface area contributed by atoms with Crippen molar-refractivity contribution in [2.24, 2.45) is 45.8 Å². The lowest BCUT2D eigenvalue weighted by Gasteiger charge is -2.38. The molecule has 1 atom stereocenters. The highest BCUT2D eigenvalue weighted by atomic mass is 16.5. The summed E-state index contributed by atoms with van der Waals surface area (Å²) in [5.74, 6) is 3.04. The Kier molecular flexibility index (Phi) is 30.3. The molecular formula is C75H107N3O9. The summed E-state index contributed by atoms with van der Waals surface area (Å²) < 4.78 is 5.09. The number of Topliss-reactive ketones (excluding diaryl/α,β-unsaturated/α-hetero) is 6. The molecule has 3 saturated carbocycles. The lowest BCUT2D eigenvalue weighted by Crippen LogP contribution is -2.45. The van der Waals surface area contributed by atoms with Crippen LogP contribution < -0.4 is 4.74 Å². The fourth-order valence-electron chi connectivity index (χ4n) is 13.0. The van der Waals surface area contributed by atoms with Crippen molar-refractivity contribution >= 4 is 46.5 Å². The van der Waals surface area contributed by atoms with E-state index in [0.29, 0.717) is 65.3 Å². The lowest BCUT2D eigenvalue weighted by atomic mass is 9.68. The van der Waals surface area contributed by atoms with Crippen LogP contribution in [0.2, 0.25) is 0 Å². The van der Waals surface area contributed by atoms with E-state index in [-0.39, 0.29) is 88.2 Å². The number of methoxy groups -OCH3 is 1. The van der Waals surface area contributed by atoms with Crippen molar-refractivity contribution in [3.8, 4) is 5.75 Å². The van der Waals surface area contributed by atoms with E-state index in [0.717, 1.165) is 62.7 Å². The van der Waals surface area contributed by atoms with Crippen molar-refractivity contribution in [2.75, 3.05) is 34.3 Å². The van der Waals surface area contributed by atoms with Gasteiger partial charge in [0.2, 0.25) is 11.8 Å². The number of carbonyl (C=O) groups is 8. The molecule has 1 heterocycles. The van der Waals surface area contributed by atoms with E-state index in [1.165, 1.54) is 57.8 Å². The summed E-state index contributed by atoms with van der Waals surface area (Å²) in [7, 11) is 5.06. The van der Waals surface area contributed by atoms with Crippen LogP contribution in [0, 0.1) is 52.8 Å². The van der Waals surface area contributed by atoms with Crippen LogP contribution in [0.25, 0.3) is 0 Å². The molecule has 3 fully saturated rings. The lowest BCUT2D eigenvalue weighted by molar-refractivity contribution is -0.142. The minimum Gasteiger partial charge on any atom is -0.497 e. The maximum absolute atomic E-state index is 12.9. The molecule has 0 unspecified atom stereocenters. The highest BCUT2D eigenvalue weighted by Crippen LogP contribution is 2.42. The Morgan fingerprint density at radius 1 is 0.506 bits per heavy atom. The van der Waals surface area contributed by atoms with Gasteiger partial charge in [-0.05, 0) is 112 Å². The summed E-state index contributed by atoms with van der Waals surface area (Å²) in [5.41, 5.74) is 2.51. The van der Waals surface area contributed by atoms with Gasteiger partial charge in [0.05, 0.1) is 20.2 Å². The van der Waals surface area contributed by atoms with Gasteiger partial charge in [-0.3, -0.25) is 43.3 Å². The summed E-state index contributed by atoms with van der Waals surface area (Å²) in [4.78, 5) is 106. The average Bonchev–Trinajstić information content (AvgIpc) is 2.99. The number of aryl methyl sites for hydroxylation is 1. The zero-order chi connectivity index (χ0) is 64.3. The van der Waals surface area contributed by atoms with E-state index in [1.54, 1.807) is 91.8 Å². The first-order chi connectivity index (χ1) is 41.3. The zero-order valence-corrected chi connectivity index (χ0v) is 55.5. The maximum Gasteiger partial charge on any atom is 0.228 e. The predicted octanol–water partition coefficient (Wildman–Crippen LogP) is 16.7. The number of pyridine rings is 1. The number of rotatable bonds is 25. The van der Waals surface area contributed by atoms with Crippen molar-refractivity contribution in [1.82, 2.24) is 14.8 Å². The monoisotopic (exact) mass is 1190 g/mol. The van der Waals surface area contributed by atoms with Gasteiger partial charge in [-0.25, -0.2) is 0 Å². The molecule has 476 valence electrons. The van der Waals surface area contributed by atoms with E-state index in [2.05, 4.69) is 46.5 Å². The number of likely N-dealkylation sites (N-methyl/N-ethyl adjacent to an activating group) is 2. The SMILES string of the molecule is CC(C)(C(=O)CCC(=O)c1ccccn1)C1CCCCC1.CCC(CC)[C@@H](C)C(=O)N(C)CC(=O)c1ccccc1.COc1ccc(C(=O)CCC(=O)C(C)(C)C2CCCCC2)cc1.Cc1cccc(C(=O)CN(C)C(=O)C(C)(C)C2CCCCC2)c1. The quantitative estimate of drug-likeness (QED) is 0.0583. The second-order valence-electron chi connectivity index (χ2n) is 26.6. The van der Waals surface area contributed by atoms with Gasteiger partial charge in [-0.15, -0.1) is 0 Å². The molecule has 3 aliphatic rings. The minimum absolute atomic E-state index is 0.00370. The van der Waals surface area contributed by atoms with Crippen LogP contribution in [-0.2, 0) is 19.2 Å². The molecule has 3 aliphatic carbocycles. The van der Waals surface area contributed by atoms with Gasteiger partial charge in [-0.2, -0.15) is 0 Å². The largest absolute Gasteiger partial charge is 0.497 e. The molecular weight excluding hydrogens is 1090 g/mol. The normalized spacial score (nSPS) is 15.4. The van der Waals surface area contributed by atoms with Gasteiger partial charge in [0.25, 0.3) is 0 Å². The summed E-state index contributed by atoms with van der Waals surface area (Å²) in [6, 6.07) is 29.0. The molecule has 0 aliphatic heterocycles. The van der Waals surface area contributed by atoms with Gasteiger partial charge in [0, 0.05) is 84.8 Å². The Labute approximate surface area is 523 Å². The topological polar surface area (TPSA) is 165 Å². The van der Waals surface area contributed by atoms with Crippen molar-refractivity contribution in [1.29, 1.82) is 0 Å². The predicted molar refractivity (Wildman–Crippen MR) is 350 cm³/mol. The van der Waals surface area contributed by atoms with E-state index in [4.69, 9.17) is 4.74 Å². The van der Waals surface area contributed by atoms with Gasteiger partial charge in [0.1, 0.15) is 23.0 Å². The first-order valence-electron chi connectivity index (χ1n) is 32.7. The molecule has 0 bridgehead atoms. The third-order valence-electron chi connectivity index (χ3n) is 19.5. The number of benzene rings is 3. The molecule has 0 saturated heterocycles. The zero-order valence-electron chi connectivity index (χ0n) is 55.5.